The Bertz CT molecular complexity index is 796. The van der Waals surface area contributed by atoms with Crippen LogP contribution in [-0.4, -0.2) is 24.8 Å². The van der Waals surface area contributed by atoms with Gasteiger partial charge in [-0.05, 0) is 29.8 Å². The molecule has 1 amide bonds. The second kappa shape index (κ2) is 8.00. The fourth-order valence-corrected chi connectivity index (χ4v) is 3.37. The average molecular weight is 349 g/mol. The Kier molecular flexibility index (Phi) is 5.52. The molecule has 0 N–H and O–H groups in total. The van der Waals surface area contributed by atoms with Crippen molar-refractivity contribution in [3.63, 3.8) is 0 Å². The molecule has 0 unspecified atom stereocenters. The molecule has 1 aliphatic heterocycles. The predicted molar refractivity (Wildman–Crippen MR) is 103 cm³/mol. The predicted octanol–water partition coefficient (Wildman–Crippen LogP) is 4.11. The van der Waals surface area contributed by atoms with Gasteiger partial charge in [-0.1, -0.05) is 49.4 Å². The van der Waals surface area contributed by atoms with Crippen LogP contribution in [0.2, 0.25) is 0 Å². The van der Waals surface area contributed by atoms with E-state index < -0.39 is 0 Å². The summed E-state index contributed by atoms with van der Waals surface area (Å²) in [6, 6.07) is 17.0. The molecule has 2 aromatic rings. The topological polar surface area (TPSA) is 46.6 Å². The molecule has 1 heterocycles. The van der Waals surface area contributed by atoms with Gasteiger partial charge in [-0.2, -0.15) is 0 Å². The highest BCUT2D eigenvalue weighted by Gasteiger charge is 2.42. The molecule has 2 aromatic carbocycles. The number of hydrogen-bond donors (Lipinski definition) is 0. The third-order valence-electron chi connectivity index (χ3n) is 4.77. The number of hydrogen-bond acceptors (Lipinski definition) is 3. The molecule has 0 saturated carbocycles. The highest BCUT2D eigenvalue weighted by Crippen LogP contribution is 2.33. The lowest BCUT2D eigenvalue weighted by Crippen LogP contribution is -2.35. The number of methoxy groups -OCH3 is 1. The first-order valence-corrected chi connectivity index (χ1v) is 8.86. The number of ketones is 1. The van der Waals surface area contributed by atoms with Gasteiger partial charge in [0.05, 0.1) is 19.1 Å². The maximum Gasteiger partial charge on any atom is 0.228 e. The summed E-state index contributed by atoms with van der Waals surface area (Å²) >= 11 is 0. The molecule has 0 aliphatic carbocycles. The summed E-state index contributed by atoms with van der Waals surface area (Å²) in [5, 5.41) is 0. The van der Waals surface area contributed by atoms with Gasteiger partial charge in [0.1, 0.15) is 11.5 Å². The molecule has 0 radical (unpaired) electrons. The Balaban J connectivity index is 1.92. The SMILES string of the molecule is CCC(=O)[C@@H]1CC(=O)N(c2ccccc2)[C@H]1/C=C/c1ccc(OC)cc1. The minimum absolute atomic E-state index is 0.00705. The van der Waals surface area contributed by atoms with Gasteiger partial charge in [0.25, 0.3) is 0 Å². The first-order chi connectivity index (χ1) is 12.6. The fraction of sp³-hybridized carbons (Fsp3) is 0.273. The average Bonchev–Trinajstić information content (AvgIpc) is 3.03. The van der Waals surface area contributed by atoms with Gasteiger partial charge >= 0.3 is 0 Å². The molecule has 4 heteroatoms. The van der Waals surface area contributed by atoms with Crippen molar-refractivity contribution in [3.05, 3.63) is 66.2 Å². The minimum atomic E-state index is -0.304. The molecule has 4 nitrogen and oxygen atoms in total. The monoisotopic (exact) mass is 349 g/mol. The van der Waals surface area contributed by atoms with Crippen LogP contribution in [0.25, 0.3) is 6.08 Å². The lowest BCUT2D eigenvalue weighted by atomic mass is 9.93. The summed E-state index contributed by atoms with van der Waals surface area (Å²) < 4.78 is 5.18. The Morgan fingerprint density at radius 2 is 1.85 bits per heavy atom. The highest BCUT2D eigenvalue weighted by atomic mass is 16.5. The molecular formula is C22H23NO3. The summed E-state index contributed by atoms with van der Waals surface area (Å²) in [6.45, 7) is 1.85. The number of ether oxygens (including phenoxy) is 1. The molecule has 0 aromatic heterocycles. The lowest BCUT2D eigenvalue weighted by molar-refractivity contribution is -0.124. The van der Waals surface area contributed by atoms with Gasteiger partial charge in [0.15, 0.2) is 0 Å². The number of carbonyl (C=O) groups is 2. The molecule has 1 fully saturated rings. The van der Waals surface area contributed by atoms with E-state index >= 15 is 0 Å². The normalized spacial score (nSPS) is 19.9. The van der Waals surface area contributed by atoms with Crippen molar-refractivity contribution in [2.24, 2.45) is 5.92 Å². The molecule has 3 rings (SSSR count). The number of rotatable bonds is 6. The Hall–Kier alpha value is -2.88. The highest BCUT2D eigenvalue weighted by molar-refractivity contribution is 6.02. The number of anilines is 1. The molecule has 0 bridgehead atoms. The van der Waals surface area contributed by atoms with E-state index in [4.69, 9.17) is 4.74 Å². The fourth-order valence-electron chi connectivity index (χ4n) is 3.37. The van der Waals surface area contributed by atoms with Crippen molar-refractivity contribution in [1.29, 1.82) is 0 Å². The maximum absolute atomic E-state index is 12.6. The van der Waals surface area contributed by atoms with Crippen LogP contribution in [-0.2, 0) is 9.59 Å². The van der Waals surface area contributed by atoms with Gasteiger partial charge in [0.2, 0.25) is 5.91 Å². The standard InChI is InChI=1S/C22H23NO3/c1-3-21(24)19-15-22(25)23(17-7-5-4-6-8-17)20(19)14-11-16-9-12-18(26-2)13-10-16/h4-14,19-20H,3,15H2,1-2H3/b14-11+/t19-,20+/m1/s1. The molecule has 1 aliphatic rings. The van der Waals surface area contributed by atoms with E-state index in [0.29, 0.717) is 6.42 Å². The van der Waals surface area contributed by atoms with E-state index in [1.54, 1.807) is 12.0 Å². The number of amides is 1. The van der Waals surface area contributed by atoms with E-state index in [2.05, 4.69) is 0 Å². The van der Waals surface area contributed by atoms with Crippen LogP contribution in [0.5, 0.6) is 5.75 Å². The number of para-hydroxylation sites is 1. The zero-order chi connectivity index (χ0) is 18.5. The van der Waals surface area contributed by atoms with Gasteiger partial charge in [0, 0.05) is 18.5 Å². The van der Waals surface area contributed by atoms with Gasteiger partial charge in [-0.15, -0.1) is 0 Å². The lowest BCUT2D eigenvalue weighted by Gasteiger charge is -2.25. The molecule has 2 atom stereocenters. The number of nitrogens with zero attached hydrogens (tertiary/aromatic N) is 1. The molecule has 26 heavy (non-hydrogen) atoms. The van der Waals surface area contributed by atoms with E-state index in [-0.39, 0.29) is 30.1 Å². The first kappa shape index (κ1) is 17.9. The van der Waals surface area contributed by atoms with Gasteiger partial charge in [-0.25, -0.2) is 0 Å². The van der Waals surface area contributed by atoms with E-state index in [9.17, 15) is 9.59 Å². The summed E-state index contributed by atoms with van der Waals surface area (Å²) in [5.74, 6) is 0.610. The van der Waals surface area contributed by atoms with E-state index in [1.165, 1.54) is 0 Å². The zero-order valence-electron chi connectivity index (χ0n) is 15.1. The maximum atomic E-state index is 12.6. The van der Waals surface area contributed by atoms with Crippen LogP contribution < -0.4 is 9.64 Å². The Morgan fingerprint density at radius 3 is 2.46 bits per heavy atom. The third kappa shape index (κ3) is 3.69. The van der Waals surface area contributed by atoms with Crippen LogP contribution in [0.1, 0.15) is 25.3 Å². The van der Waals surface area contributed by atoms with Crippen LogP contribution in [0.15, 0.2) is 60.7 Å². The Labute approximate surface area is 154 Å². The largest absolute Gasteiger partial charge is 0.497 e. The molecular weight excluding hydrogens is 326 g/mol. The van der Waals surface area contributed by atoms with Crippen molar-refractivity contribution < 1.29 is 14.3 Å². The van der Waals surface area contributed by atoms with Crippen LogP contribution >= 0.6 is 0 Å². The second-order valence-electron chi connectivity index (χ2n) is 6.35. The van der Waals surface area contributed by atoms with Crippen molar-refractivity contribution in [2.45, 2.75) is 25.8 Å². The smallest absolute Gasteiger partial charge is 0.228 e. The van der Waals surface area contributed by atoms with Gasteiger partial charge in [-0.3, -0.25) is 9.59 Å². The first-order valence-electron chi connectivity index (χ1n) is 8.86. The van der Waals surface area contributed by atoms with E-state index in [0.717, 1.165) is 17.0 Å². The third-order valence-corrected chi connectivity index (χ3v) is 4.77. The van der Waals surface area contributed by atoms with E-state index in [1.807, 2.05) is 73.7 Å². The van der Waals surface area contributed by atoms with Gasteiger partial charge < -0.3 is 9.64 Å². The van der Waals surface area contributed by atoms with Crippen molar-refractivity contribution >= 4 is 23.5 Å². The number of Topliss-reactive ketones (excluding diaryl/α,β-unsaturated/α-hetero) is 1. The van der Waals surface area contributed by atoms with Crippen LogP contribution in [0, 0.1) is 5.92 Å². The number of benzene rings is 2. The summed E-state index contributed by atoms with van der Waals surface area (Å²) in [6.07, 6.45) is 4.64. The van der Waals surface area contributed by atoms with Crippen molar-refractivity contribution in [2.75, 3.05) is 12.0 Å². The molecule has 1 saturated heterocycles. The van der Waals surface area contributed by atoms with Crippen LogP contribution in [0.4, 0.5) is 5.69 Å². The zero-order valence-corrected chi connectivity index (χ0v) is 15.1. The molecule has 134 valence electrons. The minimum Gasteiger partial charge on any atom is -0.497 e. The van der Waals surface area contributed by atoms with Crippen molar-refractivity contribution in [1.82, 2.24) is 0 Å². The summed E-state index contributed by atoms with van der Waals surface area (Å²) in [4.78, 5) is 26.8. The quantitative estimate of drug-likeness (QED) is 0.788. The summed E-state index contributed by atoms with van der Waals surface area (Å²) in [7, 11) is 1.63. The molecule has 0 spiro atoms. The van der Waals surface area contributed by atoms with Crippen LogP contribution in [0.3, 0.4) is 0 Å². The van der Waals surface area contributed by atoms with Crippen molar-refractivity contribution in [3.8, 4) is 5.75 Å². The second-order valence-corrected chi connectivity index (χ2v) is 6.35. The summed E-state index contributed by atoms with van der Waals surface area (Å²) in [5.41, 5.74) is 1.83. The number of carbonyl (C=O) groups excluding carboxylic acids is 2. The Morgan fingerprint density at radius 1 is 1.15 bits per heavy atom.